The van der Waals surface area contributed by atoms with Crippen LogP contribution in [0, 0.1) is 0 Å². The molecule has 1 atom stereocenters. The van der Waals surface area contributed by atoms with Gasteiger partial charge in [-0.3, -0.25) is 5.10 Å². The minimum Gasteiger partial charge on any atom is -0.495 e. The maximum absolute atomic E-state index is 10.4. The number of ether oxygens (including phenoxy) is 1. The van der Waals surface area contributed by atoms with Gasteiger partial charge < -0.3 is 24.5 Å². The van der Waals surface area contributed by atoms with Gasteiger partial charge in [0, 0.05) is 54.4 Å². The number of aliphatic hydroxyl groups is 1. The number of aromatic amines is 1. The van der Waals surface area contributed by atoms with Crippen LogP contribution in [0.3, 0.4) is 0 Å². The molecule has 6 rings (SSSR count). The van der Waals surface area contributed by atoms with Crippen LogP contribution in [-0.4, -0.2) is 55.5 Å². The number of fused-ring (bicyclic) bond motifs is 2. The molecule has 3 N–H and O–H groups in total. The van der Waals surface area contributed by atoms with Gasteiger partial charge in [-0.1, -0.05) is 12.1 Å². The van der Waals surface area contributed by atoms with Gasteiger partial charge in [0.25, 0.3) is 0 Å². The van der Waals surface area contributed by atoms with E-state index in [4.69, 9.17) is 9.72 Å². The van der Waals surface area contributed by atoms with Crippen molar-refractivity contribution in [2.45, 2.75) is 18.9 Å². The van der Waals surface area contributed by atoms with E-state index in [1.807, 2.05) is 60.1 Å². The lowest BCUT2D eigenvalue weighted by Crippen LogP contribution is -2.29. The molecule has 34 heavy (non-hydrogen) atoms. The molecule has 5 aromatic rings. The smallest absolute Gasteiger partial charge is 0.180 e. The van der Waals surface area contributed by atoms with Gasteiger partial charge in [-0.15, -0.1) is 0 Å². The van der Waals surface area contributed by atoms with Gasteiger partial charge in [0.05, 0.1) is 35.8 Å². The maximum Gasteiger partial charge on any atom is 0.180 e. The molecule has 1 aliphatic heterocycles. The van der Waals surface area contributed by atoms with Gasteiger partial charge in [-0.25, -0.2) is 9.97 Å². The van der Waals surface area contributed by atoms with Crippen molar-refractivity contribution in [3.63, 3.8) is 0 Å². The molecule has 4 heterocycles. The van der Waals surface area contributed by atoms with Crippen LogP contribution in [0.5, 0.6) is 5.75 Å². The van der Waals surface area contributed by atoms with Crippen LogP contribution in [0.15, 0.2) is 61.2 Å². The van der Waals surface area contributed by atoms with Crippen molar-refractivity contribution in [3.05, 3.63) is 61.2 Å². The molecule has 2 aromatic carbocycles. The zero-order valence-corrected chi connectivity index (χ0v) is 19.0. The van der Waals surface area contributed by atoms with E-state index in [9.17, 15) is 5.11 Å². The summed E-state index contributed by atoms with van der Waals surface area (Å²) in [5, 5.41) is 22.0. The van der Waals surface area contributed by atoms with Gasteiger partial charge in [-0.2, -0.15) is 5.10 Å². The Morgan fingerprint density at radius 1 is 1.21 bits per heavy atom. The molecule has 172 valence electrons. The number of β-amino-alcohol motifs (C(OH)–C–C–N with tert-alkyl or cyclic N) is 1. The highest BCUT2D eigenvalue weighted by molar-refractivity contribution is 5.84. The molecule has 1 aliphatic rings. The van der Waals surface area contributed by atoms with E-state index in [1.54, 1.807) is 19.5 Å². The number of rotatable bonds is 5. The van der Waals surface area contributed by atoms with E-state index in [1.165, 1.54) is 0 Å². The van der Waals surface area contributed by atoms with E-state index in [0.29, 0.717) is 12.4 Å². The first-order chi connectivity index (χ1) is 16.5. The molecule has 9 heteroatoms. The van der Waals surface area contributed by atoms with E-state index in [2.05, 4.69) is 25.4 Å². The SMILES string of the molecule is COc1cc(Nc2nc(-c3ccc4cn[nH]c4c3)cn3ccnc23)ccc1N1CCC(C)(O)C1. The highest BCUT2D eigenvalue weighted by Crippen LogP contribution is 2.36. The zero-order valence-electron chi connectivity index (χ0n) is 19.0. The number of anilines is 3. The van der Waals surface area contributed by atoms with Gasteiger partial charge in [-0.05, 0) is 31.5 Å². The van der Waals surface area contributed by atoms with Crippen LogP contribution >= 0.6 is 0 Å². The molecule has 9 nitrogen and oxygen atoms in total. The Morgan fingerprint density at radius 3 is 2.94 bits per heavy atom. The predicted molar refractivity (Wildman–Crippen MR) is 132 cm³/mol. The molecule has 0 aliphatic carbocycles. The molecule has 1 unspecified atom stereocenters. The first-order valence-electron chi connectivity index (χ1n) is 11.2. The molecule has 0 saturated carbocycles. The number of benzene rings is 2. The van der Waals surface area contributed by atoms with Crippen molar-refractivity contribution in [1.29, 1.82) is 0 Å². The molecule has 0 bridgehead atoms. The third-order valence-corrected chi connectivity index (χ3v) is 6.35. The van der Waals surface area contributed by atoms with Crippen LogP contribution in [0.25, 0.3) is 27.8 Å². The standard InChI is InChI=1S/C25H25N7O2/c1-25(33)7-9-32(15-25)21-6-5-18(12-22(21)34-2)28-23-24-26-8-10-31(24)14-20(29-23)16-3-4-17-13-27-30-19(17)11-16/h3-6,8,10-14,33H,7,9,15H2,1-2H3,(H,27,30)(H,28,29). The van der Waals surface area contributed by atoms with Crippen LogP contribution in [-0.2, 0) is 0 Å². The number of hydrogen-bond acceptors (Lipinski definition) is 7. The second-order valence-corrected chi connectivity index (χ2v) is 8.99. The van der Waals surface area contributed by atoms with E-state index in [0.717, 1.165) is 57.9 Å². The molecule has 0 spiro atoms. The summed E-state index contributed by atoms with van der Waals surface area (Å²) in [5.74, 6) is 1.38. The lowest BCUT2D eigenvalue weighted by Gasteiger charge is -2.23. The number of nitrogens with one attached hydrogen (secondary N) is 2. The summed E-state index contributed by atoms with van der Waals surface area (Å²) in [4.78, 5) is 11.5. The van der Waals surface area contributed by atoms with Gasteiger partial charge in [0.2, 0.25) is 0 Å². The van der Waals surface area contributed by atoms with Crippen LogP contribution in [0.2, 0.25) is 0 Å². The maximum atomic E-state index is 10.4. The highest BCUT2D eigenvalue weighted by Gasteiger charge is 2.32. The van der Waals surface area contributed by atoms with Crippen molar-refractivity contribution in [1.82, 2.24) is 24.6 Å². The number of nitrogens with zero attached hydrogens (tertiary/aromatic N) is 5. The first-order valence-corrected chi connectivity index (χ1v) is 11.2. The van der Waals surface area contributed by atoms with Crippen molar-refractivity contribution < 1.29 is 9.84 Å². The average molecular weight is 456 g/mol. The summed E-state index contributed by atoms with van der Waals surface area (Å²) in [7, 11) is 1.66. The lowest BCUT2D eigenvalue weighted by atomic mass is 10.1. The summed E-state index contributed by atoms with van der Waals surface area (Å²) in [5.41, 5.74) is 4.59. The molecule has 0 amide bonds. The first kappa shape index (κ1) is 20.5. The molecular weight excluding hydrogens is 430 g/mol. The second kappa shape index (κ2) is 7.74. The summed E-state index contributed by atoms with van der Waals surface area (Å²) >= 11 is 0. The topological polar surface area (TPSA) is 104 Å². The zero-order chi connectivity index (χ0) is 23.3. The van der Waals surface area contributed by atoms with Crippen molar-refractivity contribution in [2.75, 3.05) is 30.4 Å². The Bertz CT molecular complexity index is 1500. The fourth-order valence-electron chi connectivity index (χ4n) is 4.56. The Kier molecular flexibility index (Phi) is 4.66. The Hall–Kier alpha value is -4.11. The average Bonchev–Trinajstić information content (AvgIpc) is 3.57. The second-order valence-electron chi connectivity index (χ2n) is 8.99. The van der Waals surface area contributed by atoms with Crippen LogP contribution < -0.4 is 15.0 Å². The fourth-order valence-corrected chi connectivity index (χ4v) is 4.56. The molecular formula is C25H25N7O2. The van der Waals surface area contributed by atoms with Crippen molar-refractivity contribution in [2.24, 2.45) is 0 Å². The minimum absolute atomic E-state index is 0.578. The van der Waals surface area contributed by atoms with Crippen molar-refractivity contribution >= 4 is 33.7 Å². The van der Waals surface area contributed by atoms with Gasteiger partial charge in [0.15, 0.2) is 11.5 Å². The molecule has 1 fully saturated rings. The van der Waals surface area contributed by atoms with Crippen LogP contribution in [0.4, 0.5) is 17.2 Å². The molecule has 1 saturated heterocycles. The number of methoxy groups -OCH3 is 1. The normalized spacial score (nSPS) is 18.1. The van der Waals surface area contributed by atoms with Gasteiger partial charge >= 0.3 is 0 Å². The number of imidazole rings is 1. The van der Waals surface area contributed by atoms with Crippen molar-refractivity contribution in [3.8, 4) is 17.0 Å². The fraction of sp³-hybridized carbons (Fsp3) is 0.240. The monoisotopic (exact) mass is 455 g/mol. The quantitative estimate of drug-likeness (QED) is 0.368. The predicted octanol–water partition coefficient (Wildman–Crippen LogP) is 3.99. The summed E-state index contributed by atoms with van der Waals surface area (Å²) in [6.07, 6.45) is 8.16. The summed E-state index contributed by atoms with van der Waals surface area (Å²) in [6.45, 7) is 3.23. The van der Waals surface area contributed by atoms with Crippen LogP contribution in [0.1, 0.15) is 13.3 Å². The van der Waals surface area contributed by atoms with E-state index in [-0.39, 0.29) is 0 Å². The molecule has 3 aromatic heterocycles. The summed E-state index contributed by atoms with van der Waals surface area (Å²) in [6, 6.07) is 12.1. The Balaban J connectivity index is 1.36. The minimum atomic E-state index is -0.683. The van der Waals surface area contributed by atoms with E-state index < -0.39 is 5.60 Å². The number of aromatic nitrogens is 5. The Morgan fingerprint density at radius 2 is 2.12 bits per heavy atom. The third-order valence-electron chi connectivity index (χ3n) is 6.35. The number of hydrogen-bond donors (Lipinski definition) is 3. The largest absolute Gasteiger partial charge is 0.495 e. The molecule has 0 radical (unpaired) electrons. The highest BCUT2D eigenvalue weighted by atomic mass is 16.5. The number of H-pyrrole nitrogens is 1. The summed E-state index contributed by atoms with van der Waals surface area (Å²) < 4.78 is 7.65. The third kappa shape index (κ3) is 3.60. The van der Waals surface area contributed by atoms with E-state index >= 15 is 0 Å². The van der Waals surface area contributed by atoms with Gasteiger partial charge in [0.1, 0.15) is 5.75 Å². The lowest BCUT2D eigenvalue weighted by molar-refractivity contribution is 0.0839. The Labute approximate surface area is 196 Å².